The molecule has 2 atom stereocenters. The maximum atomic E-state index is 12.5. The average molecular weight is 481 g/mol. The van der Waals surface area contributed by atoms with Crippen molar-refractivity contribution in [1.82, 2.24) is 10.6 Å². The number of benzene rings is 3. The normalized spacial score (nSPS) is 12.8. The van der Waals surface area contributed by atoms with Crippen molar-refractivity contribution in [1.29, 1.82) is 0 Å². The van der Waals surface area contributed by atoms with Crippen molar-refractivity contribution in [2.24, 2.45) is 0 Å². The molecule has 0 saturated carbocycles. The van der Waals surface area contributed by atoms with E-state index < -0.39 is 6.10 Å². The van der Waals surface area contributed by atoms with Crippen molar-refractivity contribution in [2.75, 3.05) is 12.8 Å². The highest BCUT2D eigenvalue weighted by Gasteiger charge is 2.13. The molecule has 0 saturated heterocycles. The predicted octanol–water partition coefficient (Wildman–Crippen LogP) is 3.93. The van der Waals surface area contributed by atoms with Crippen LogP contribution in [0.5, 0.6) is 11.5 Å². The van der Waals surface area contributed by atoms with E-state index in [4.69, 9.17) is 0 Å². The van der Waals surface area contributed by atoms with E-state index in [2.05, 4.69) is 16.7 Å². The zero-order chi connectivity index (χ0) is 24.5. The molecule has 1 unspecified atom stereocenters. The van der Waals surface area contributed by atoms with E-state index in [1.807, 2.05) is 55.6 Å². The highest BCUT2D eigenvalue weighted by Crippen LogP contribution is 2.24. The van der Waals surface area contributed by atoms with Gasteiger partial charge in [0, 0.05) is 30.1 Å². The Morgan fingerprint density at radius 1 is 0.971 bits per heavy atom. The first-order valence-electron chi connectivity index (χ1n) is 11.2. The van der Waals surface area contributed by atoms with E-state index in [0.29, 0.717) is 18.5 Å². The number of phenols is 2. The van der Waals surface area contributed by atoms with Gasteiger partial charge in [0.1, 0.15) is 11.5 Å². The van der Waals surface area contributed by atoms with Gasteiger partial charge in [-0.15, -0.1) is 11.8 Å². The van der Waals surface area contributed by atoms with Crippen LogP contribution in [-0.2, 0) is 24.2 Å². The van der Waals surface area contributed by atoms with Crippen molar-refractivity contribution < 1.29 is 20.1 Å². The zero-order valence-corrected chi connectivity index (χ0v) is 20.3. The second kappa shape index (κ2) is 12.5. The number of carbonyl (C=O) groups excluding carboxylic acids is 1. The Morgan fingerprint density at radius 3 is 2.41 bits per heavy atom. The molecule has 0 aromatic heterocycles. The van der Waals surface area contributed by atoms with Crippen molar-refractivity contribution in [3.8, 4) is 11.5 Å². The summed E-state index contributed by atoms with van der Waals surface area (Å²) in [6.45, 7) is 2.81. The number of nitrogens with one attached hydrogen (secondary N) is 2. The molecule has 0 radical (unpaired) electrons. The molecule has 0 fully saturated rings. The number of thioether (sulfide) groups is 1. The van der Waals surface area contributed by atoms with Crippen LogP contribution < -0.4 is 10.6 Å². The summed E-state index contributed by atoms with van der Waals surface area (Å²) in [6, 6.07) is 20.2. The lowest BCUT2D eigenvalue weighted by Gasteiger charge is -2.18. The molecule has 5 N–H and O–H groups in total. The van der Waals surface area contributed by atoms with Crippen molar-refractivity contribution >= 4 is 17.7 Å². The third-order valence-electron chi connectivity index (χ3n) is 5.54. The SMILES string of the molecule is CSc1ccccc1CNC(=O)Cc1cccc(C[C@@H](C)NCC(O)c2cc(O)cc(O)c2)c1. The number of phenolic OH excluding ortho intramolecular Hbond substituents is 2. The highest BCUT2D eigenvalue weighted by atomic mass is 32.2. The third-order valence-corrected chi connectivity index (χ3v) is 6.37. The lowest BCUT2D eigenvalue weighted by Crippen LogP contribution is -2.32. The molecule has 0 spiro atoms. The standard InChI is InChI=1S/C27H32N2O4S/c1-18(28-17-25(32)22-13-23(30)15-24(31)14-22)10-19-6-5-7-20(11-19)12-27(33)29-16-21-8-3-4-9-26(21)34-2/h3-9,11,13-15,18,25,28,30-32H,10,12,16-17H2,1-2H3,(H,29,33)/t18-,25?/m1/s1. The summed E-state index contributed by atoms with van der Waals surface area (Å²) in [5.41, 5.74) is 3.61. The van der Waals surface area contributed by atoms with E-state index in [1.54, 1.807) is 11.8 Å². The van der Waals surface area contributed by atoms with E-state index in [0.717, 1.165) is 28.0 Å². The first-order valence-corrected chi connectivity index (χ1v) is 12.5. The molecular weight excluding hydrogens is 448 g/mol. The summed E-state index contributed by atoms with van der Waals surface area (Å²) >= 11 is 1.67. The molecule has 180 valence electrons. The topological polar surface area (TPSA) is 102 Å². The van der Waals surface area contributed by atoms with Crippen molar-refractivity contribution in [3.63, 3.8) is 0 Å². The number of hydrogen-bond acceptors (Lipinski definition) is 6. The number of aromatic hydroxyl groups is 2. The number of carbonyl (C=O) groups is 1. The highest BCUT2D eigenvalue weighted by molar-refractivity contribution is 7.98. The molecule has 6 nitrogen and oxygen atoms in total. The quantitative estimate of drug-likeness (QED) is 0.267. The molecule has 0 aliphatic heterocycles. The Bertz CT molecular complexity index is 1090. The fourth-order valence-corrected chi connectivity index (χ4v) is 4.44. The lowest BCUT2D eigenvalue weighted by atomic mass is 10.0. The summed E-state index contributed by atoms with van der Waals surface area (Å²) in [7, 11) is 0. The minimum absolute atomic E-state index is 0.0169. The minimum Gasteiger partial charge on any atom is -0.508 e. The number of aliphatic hydroxyl groups is 1. The molecular formula is C27H32N2O4S. The second-order valence-corrected chi connectivity index (χ2v) is 9.25. The van der Waals surface area contributed by atoms with Gasteiger partial charge in [0.25, 0.3) is 0 Å². The summed E-state index contributed by atoms with van der Waals surface area (Å²) < 4.78 is 0. The van der Waals surface area contributed by atoms with E-state index in [1.165, 1.54) is 18.2 Å². The summed E-state index contributed by atoms with van der Waals surface area (Å²) in [6.07, 6.45) is 2.22. The van der Waals surface area contributed by atoms with Crippen molar-refractivity contribution in [3.05, 3.63) is 89.0 Å². The monoisotopic (exact) mass is 480 g/mol. The molecule has 0 heterocycles. The van der Waals surface area contributed by atoms with Crippen LogP contribution in [0, 0.1) is 0 Å². The maximum absolute atomic E-state index is 12.5. The van der Waals surface area contributed by atoms with Gasteiger partial charge >= 0.3 is 0 Å². The van der Waals surface area contributed by atoms with Crippen LogP contribution in [0.25, 0.3) is 0 Å². The van der Waals surface area contributed by atoms with Gasteiger partial charge in [-0.25, -0.2) is 0 Å². The Morgan fingerprint density at radius 2 is 1.68 bits per heavy atom. The van der Waals surface area contributed by atoms with E-state index in [9.17, 15) is 20.1 Å². The summed E-state index contributed by atoms with van der Waals surface area (Å²) in [5, 5.41) is 35.9. The van der Waals surface area contributed by atoms with Crippen LogP contribution in [0.2, 0.25) is 0 Å². The van der Waals surface area contributed by atoms with Crippen LogP contribution in [0.3, 0.4) is 0 Å². The zero-order valence-electron chi connectivity index (χ0n) is 19.5. The number of rotatable bonds is 11. The Kier molecular flexibility index (Phi) is 9.39. The number of hydrogen-bond donors (Lipinski definition) is 5. The molecule has 0 aliphatic rings. The van der Waals surface area contributed by atoms with E-state index >= 15 is 0 Å². The first kappa shape index (κ1) is 25.6. The van der Waals surface area contributed by atoms with Crippen LogP contribution in [0.15, 0.2) is 71.6 Å². The molecule has 3 aromatic carbocycles. The van der Waals surface area contributed by atoms with Crippen LogP contribution in [-0.4, -0.2) is 40.1 Å². The third kappa shape index (κ3) is 7.80. The maximum Gasteiger partial charge on any atom is 0.224 e. The fraction of sp³-hybridized carbons (Fsp3) is 0.296. The Balaban J connectivity index is 1.49. The Hall–Kier alpha value is -3.00. The van der Waals surface area contributed by atoms with Gasteiger partial charge in [-0.1, -0.05) is 42.5 Å². The van der Waals surface area contributed by atoms with Gasteiger partial charge in [0.2, 0.25) is 5.91 Å². The second-order valence-electron chi connectivity index (χ2n) is 8.40. The summed E-state index contributed by atoms with van der Waals surface area (Å²) in [4.78, 5) is 13.6. The number of aliphatic hydroxyl groups excluding tert-OH is 1. The van der Waals surface area contributed by atoms with Gasteiger partial charge in [-0.2, -0.15) is 0 Å². The fourth-order valence-electron chi connectivity index (χ4n) is 3.82. The predicted molar refractivity (Wildman–Crippen MR) is 136 cm³/mol. The van der Waals surface area contributed by atoms with Gasteiger partial charge < -0.3 is 26.0 Å². The molecule has 3 aromatic rings. The molecule has 7 heteroatoms. The smallest absolute Gasteiger partial charge is 0.224 e. The molecule has 3 rings (SSSR count). The average Bonchev–Trinajstić information content (AvgIpc) is 2.81. The Labute approximate surface area is 205 Å². The molecule has 0 aliphatic carbocycles. The van der Waals surface area contributed by atoms with Crippen molar-refractivity contribution in [2.45, 2.75) is 43.4 Å². The molecule has 34 heavy (non-hydrogen) atoms. The van der Waals surface area contributed by atoms with Gasteiger partial charge in [-0.3, -0.25) is 4.79 Å². The van der Waals surface area contributed by atoms with E-state index in [-0.39, 0.29) is 30.0 Å². The first-order chi connectivity index (χ1) is 16.3. The van der Waals surface area contributed by atoms with Gasteiger partial charge in [-0.05, 0) is 60.1 Å². The van der Waals surface area contributed by atoms with Crippen LogP contribution in [0.1, 0.15) is 35.3 Å². The largest absolute Gasteiger partial charge is 0.508 e. The van der Waals surface area contributed by atoms with Crippen LogP contribution in [0.4, 0.5) is 0 Å². The van der Waals surface area contributed by atoms with Gasteiger partial charge in [0.05, 0.1) is 12.5 Å². The minimum atomic E-state index is -0.855. The van der Waals surface area contributed by atoms with Gasteiger partial charge in [0.15, 0.2) is 0 Å². The lowest BCUT2D eigenvalue weighted by molar-refractivity contribution is -0.120. The molecule has 0 bridgehead atoms. The number of amides is 1. The molecule has 1 amide bonds. The summed E-state index contributed by atoms with van der Waals surface area (Å²) in [5.74, 6) is -0.190. The van der Waals surface area contributed by atoms with Crippen LogP contribution >= 0.6 is 11.8 Å².